The van der Waals surface area contributed by atoms with Gasteiger partial charge < -0.3 is 15.6 Å². The molecule has 5 nitrogen and oxygen atoms in total. The molecule has 0 aromatic carbocycles. The zero-order valence-corrected chi connectivity index (χ0v) is 13.0. The summed E-state index contributed by atoms with van der Waals surface area (Å²) < 4.78 is 0. The van der Waals surface area contributed by atoms with Crippen LogP contribution in [0.5, 0.6) is 0 Å². The van der Waals surface area contributed by atoms with Crippen LogP contribution in [0, 0.1) is 6.92 Å². The first-order valence-corrected chi connectivity index (χ1v) is 6.72. The number of rotatable bonds is 3. The van der Waals surface area contributed by atoms with Crippen molar-refractivity contribution in [1.29, 1.82) is 0 Å². The average Bonchev–Trinajstić information content (AvgIpc) is 2.91. The lowest BCUT2D eigenvalue weighted by Crippen LogP contribution is -2.32. The second-order valence-electron chi connectivity index (χ2n) is 5.19. The number of Topliss-reactive ketones (excluding diaryl/α,β-unsaturated/α-hetero) is 1. The largest absolute Gasteiger partial charge is 0.354 e. The van der Waals surface area contributed by atoms with E-state index < -0.39 is 0 Å². The summed E-state index contributed by atoms with van der Waals surface area (Å²) in [6.45, 7) is 6.62. The number of likely N-dealkylation sites (tertiary alicyclic amines) is 1. The summed E-state index contributed by atoms with van der Waals surface area (Å²) in [5, 5.41) is 0. The molecule has 1 saturated heterocycles. The highest BCUT2D eigenvalue weighted by Gasteiger charge is 2.29. The number of aromatic nitrogens is 1. The van der Waals surface area contributed by atoms with Gasteiger partial charge in [0.05, 0.1) is 0 Å². The van der Waals surface area contributed by atoms with E-state index in [0.717, 1.165) is 17.7 Å². The van der Waals surface area contributed by atoms with E-state index in [0.29, 0.717) is 30.8 Å². The first-order chi connectivity index (χ1) is 8.95. The lowest BCUT2D eigenvalue weighted by atomic mass is 10.0. The minimum absolute atomic E-state index is 0. The SMILES string of the molecule is CCc1c(C(=O)N2CC[C@@H](N)C2)[nH]c(C)c1C(C)=O.Cl. The Morgan fingerprint density at radius 1 is 1.45 bits per heavy atom. The van der Waals surface area contributed by atoms with Crippen LogP contribution >= 0.6 is 12.4 Å². The lowest BCUT2D eigenvalue weighted by Gasteiger charge is -2.15. The fraction of sp³-hybridized carbons (Fsp3) is 0.571. The smallest absolute Gasteiger partial charge is 0.270 e. The Morgan fingerprint density at radius 3 is 2.55 bits per heavy atom. The van der Waals surface area contributed by atoms with Gasteiger partial charge in [-0.25, -0.2) is 0 Å². The van der Waals surface area contributed by atoms with Gasteiger partial charge in [0, 0.05) is 30.4 Å². The molecule has 0 bridgehead atoms. The van der Waals surface area contributed by atoms with Crippen LogP contribution < -0.4 is 5.73 Å². The summed E-state index contributed by atoms with van der Waals surface area (Å²) in [5.74, 6) is -0.0387. The van der Waals surface area contributed by atoms with Gasteiger partial charge in [-0.2, -0.15) is 0 Å². The van der Waals surface area contributed by atoms with E-state index in [2.05, 4.69) is 4.98 Å². The van der Waals surface area contributed by atoms with E-state index >= 15 is 0 Å². The normalized spacial score (nSPS) is 18.0. The van der Waals surface area contributed by atoms with Crippen molar-refractivity contribution in [3.63, 3.8) is 0 Å². The molecule has 1 amide bonds. The molecule has 3 N–H and O–H groups in total. The minimum Gasteiger partial charge on any atom is -0.354 e. The van der Waals surface area contributed by atoms with E-state index in [-0.39, 0.29) is 30.1 Å². The molecule has 0 saturated carbocycles. The molecule has 1 aliphatic rings. The zero-order valence-electron chi connectivity index (χ0n) is 12.2. The van der Waals surface area contributed by atoms with Crippen molar-refractivity contribution in [3.05, 3.63) is 22.5 Å². The van der Waals surface area contributed by atoms with E-state index in [1.54, 1.807) is 4.90 Å². The molecule has 2 heterocycles. The summed E-state index contributed by atoms with van der Waals surface area (Å²) in [5.41, 5.74) is 8.66. The van der Waals surface area contributed by atoms with E-state index in [1.807, 2.05) is 13.8 Å². The molecule has 0 spiro atoms. The number of hydrogen-bond donors (Lipinski definition) is 2. The fourth-order valence-electron chi connectivity index (χ4n) is 2.82. The van der Waals surface area contributed by atoms with Crippen LogP contribution in [0.4, 0.5) is 0 Å². The molecule has 1 aliphatic heterocycles. The van der Waals surface area contributed by atoms with Crippen molar-refractivity contribution in [2.24, 2.45) is 5.73 Å². The Morgan fingerprint density at radius 2 is 2.10 bits per heavy atom. The molecule has 6 heteroatoms. The van der Waals surface area contributed by atoms with Crippen LogP contribution in [0.1, 0.15) is 52.4 Å². The van der Waals surface area contributed by atoms with Crippen molar-refractivity contribution >= 4 is 24.1 Å². The molecule has 1 fully saturated rings. The summed E-state index contributed by atoms with van der Waals surface area (Å²) in [6.07, 6.45) is 1.51. The van der Waals surface area contributed by atoms with Crippen molar-refractivity contribution in [1.82, 2.24) is 9.88 Å². The maximum Gasteiger partial charge on any atom is 0.270 e. The molecule has 0 radical (unpaired) electrons. The first-order valence-electron chi connectivity index (χ1n) is 6.72. The molecular weight excluding hydrogens is 278 g/mol. The second-order valence-corrected chi connectivity index (χ2v) is 5.19. The van der Waals surface area contributed by atoms with Crippen LogP contribution in [-0.4, -0.2) is 40.7 Å². The van der Waals surface area contributed by atoms with Gasteiger partial charge in [0.25, 0.3) is 5.91 Å². The lowest BCUT2D eigenvalue weighted by molar-refractivity contribution is 0.0784. The first kappa shape index (κ1) is 16.7. The van der Waals surface area contributed by atoms with E-state index in [1.165, 1.54) is 6.92 Å². The topological polar surface area (TPSA) is 79.2 Å². The highest BCUT2D eigenvalue weighted by atomic mass is 35.5. The van der Waals surface area contributed by atoms with E-state index in [4.69, 9.17) is 5.73 Å². The van der Waals surface area contributed by atoms with Crippen molar-refractivity contribution in [2.45, 2.75) is 39.7 Å². The Kier molecular flexibility index (Phi) is 5.36. The number of carbonyl (C=O) groups excluding carboxylic acids is 2. The van der Waals surface area contributed by atoms with Crippen molar-refractivity contribution in [2.75, 3.05) is 13.1 Å². The van der Waals surface area contributed by atoms with Crippen LogP contribution in [0.25, 0.3) is 0 Å². The van der Waals surface area contributed by atoms with Crippen molar-refractivity contribution < 1.29 is 9.59 Å². The molecule has 1 aromatic rings. The highest BCUT2D eigenvalue weighted by Crippen LogP contribution is 2.23. The van der Waals surface area contributed by atoms with Gasteiger partial charge in [-0.1, -0.05) is 6.92 Å². The standard InChI is InChI=1S/C14H21N3O2.ClH/c1-4-11-12(9(3)18)8(2)16-13(11)14(19)17-6-5-10(15)7-17;/h10,16H,4-7,15H2,1-3H3;1H/t10-;/m1./s1. The number of nitrogens with zero attached hydrogens (tertiary/aromatic N) is 1. The number of halogens is 1. The third kappa shape index (κ3) is 2.88. The number of carbonyl (C=O) groups is 2. The minimum atomic E-state index is -0.0413. The number of H-pyrrole nitrogens is 1. The van der Waals surface area contributed by atoms with Crippen LogP contribution in [0.2, 0.25) is 0 Å². The highest BCUT2D eigenvalue weighted by molar-refractivity contribution is 6.02. The van der Waals surface area contributed by atoms with E-state index in [9.17, 15) is 9.59 Å². The average molecular weight is 300 g/mol. The quantitative estimate of drug-likeness (QED) is 0.834. The van der Waals surface area contributed by atoms with Crippen molar-refractivity contribution in [3.8, 4) is 0 Å². The maximum atomic E-state index is 12.5. The van der Waals surface area contributed by atoms with Gasteiger partial charge in [0.15, 0.2) is 5.78 Å². The van der Waals surface area contributed by atoms with Crippen LogP contribution in [-0.2, 0) is 6.42 Å². The molecule has 0 aliphatic carbocycles. The predicted octanol–water partition coefficient (Wildman–Crippen LogP) is 1.68. The molecule has 1 aromatic heterocycles. The number of ketones is 1. The van der Waals surface area contributed by atoms with Gasteiger partial charge >= 0.3 is 0 Å². The number of nitrogens with two attached hydrogens (primary N) is 1. The second kappa shape index (κ2) is 6.41. The Bertz CT molecular complexity index is 525. The van der Waals surface area contributed by atoms with Gasteiger partial charge in [-0.05, 0) is 32.3 Å². The molecule has 2 rings (SSSR count). The fourth-order valence-corrected chi connectivity index (χ4v) is 2.82. The summed E-state index contributed by atoms with van der Waals surface area (Å²) >= 11 is 0. The number of nitrogens with one attached hydrogen (secondary N) is 1. The number of hydrogen-bond acceptors (Lipinski definition) is 3. The molecule has 0 unspecified atom stereocenters. The van der Waals surface area contributed by atoms with Crippen LogP contribution in [0.3, 0.4) is 0 Å². The third-order valence-electron chi connectivity index (χ3n) is 3.72. The molecular formula is C14H22ClN3O2. The van der Waals surface area contributed by atoms with Crippen LogP contribution in [0.15, 0.2) is 0 Å². The van der Waals surface area contributed by atoms with Gasteiger partial charge in [0.1, 0.15) is 5.69 Å². The molecule has 20 heavy (non-hydrogen) atoms. The number of aryl methyl sites for hydroxylation is 1. The van der Waals surface area contributed by atoms with Gasteiger partial charge in [-0.15, -0.1) is 12.4 Å². The summed E-state index contributed by atoms with van der Waals surface area (Å²) in [6, 6.07) is 0.0670. The Hall–Kier alpha value is -1.33. The number of amides is 1. The summed E-state index contributed by atoms with van der Waals surface area (Å²) in [7, 11) is 0. The summed E-state index contributed by atoms with van der Waals surface area (Å²) in [4.78, 5) is 29.0. The van der Waals surface area contributed by atoms with Gasteiger partial charge in [-0.3, -0.25) is 9.59 Å². The third-order valence-corrected chi connectivity index (χ3v) is 3.72. The Balaban J connectivity index is 0.00000200. The monoisotopic (exact) mass is 299 g/mol. The molecule has 1 atom stereocenters. The zero-order chi connectivity index (χ0) is 14.2. The molecule has 112 valence electrons. The van der Waals surface area contributed by atoms with Gasteiger partial charge in [0.2, 0.25) is 0 Å². The number of aromatic amines is 1. The maximum absolute atomic E-state index is 12.5. The Labute approximate surface area is 125 Å². The predicted molar refractivity (Wildman–Crippen MR) is 80.7 cm³/mol.